The van der Waals surface area contributed by atoms with Crippen molar-refractivity contribution in [1.82, 2.24) is 39.9 Å². The molecular weight excluding hydrogens is 1860 g/mol. The van der Waals surface area contributed by atoms with Crippen molar-refractivity contribution in [3.05, 3.63) is 557 Å². The summed E-state index contributed by atoms with van der Waals surface area (Å²) in [7, 11) is -8.39. The molecule has 0 atom stereocenters. The Balaban J connectivity index is 0.000000119. The molecule has 0 N–H and O–H groups in total. The molecular formula is C132H88N10O3Si3. The summed E-state index contributed by atoms with van der Waals surface area (Å²) in [5.41, 5.74) is 14.3. The van der Waals surface area contributed by atoms with Crippen molar-refractivity contribution in [2.45, 2.75) is 0 Å². The van der Waals surface area contributed by atoms with Gasteiger partial charge in [0.25, 0.3) is 0 Å². The fraction of sp³-hybridized carbons (Fsp3) is 0. The quantitative estimate of drug-likeness (QED) is 0.0636. The lowest BCUT2D eigenvalue weighted by molar-refractivity contribution is 0.487. The van der Waals surface area contributed by atoms with E-state index in [1.807, 2.05) is 200 Å². The molecule has 0 unspecified atom stereocenters. The highest BCUT2D eigenvalue weighted by atomic mass is 28.3. The topological polar surface area (TPSA) is 140 Å². The van der Waals surface area contributed by atoms with Crippen LogP contribution in [0.25, 0.3) is 134 Å². The lowest BCUT2D eigenvalue weighted by atomic mass is 10.00. The van der Waals surface area contributed by atoms with Gasteiger partial charge in [0.15, 0.2) is 76.4 Å². The van der Waals surface area contributed by atoms with Crippen molar-refractivity contribution in [2.75, 3.05) is 0 Å². The van der Waals surface area contributed by atoms with Gasteiger partial charge in [-0.15, -0.1) is 0 Å². The van der Waals surface area contributed by atoms with E-state index in [0.29, 0.717) is 52.1 Å². The third kappa shape index (κ3) is 17.0. The van der Waals surface area contributed by atoms with Gasteiger partial charge in [-0.2, -0.15) is 0 Å². The fourth-order valence-corrected chi connectivity index (χ4v) is 36.0. The molecule has 3 aliphatic heterocycles. The van der Waals surface area contributed by atoms with Crippen molar-refractivity contribution in [3.8, 4) is 159 Å². The maximum Gasteiger partial charge on any atom is 0.188 e. The minimum Gasteiger partial charge on any atom is -0.458 e. The second-order valence-corrected chi connectivity index (χ2v) is 47.5. The first-order valence-electron chi connectivity index (χ1n) is 49.1. The first-order valence-corrected chi connectivity index (χ1v) is 55.1. The van der Waals surface area contributed by atoms with Crippen LogP contribution in [0, 0.1) is 13.1 Å². The SMILES string of the molecule is [C-]#[N+]c1cc(-c2nc(-c3ccccc3)cc(-c3ccccc3)n2)cc(-c2cccc3c2Oc2ccccc2[Si]3(c2ccccc2)c2ccccc2)c1.[C-]#[N+]c1cc(-c2nc(-c3ccccc3)nc(-c3ccccc3)n2)cc(-c2cccc3c2Oc2ccccc2[Si]3(c2ccccc2)c2ccccc2)c1.c1ccc(-c2nc(-c3ccccc3)nc(-c3ccc([Si]4(c5ccccc5)c5ccccc5Oc5ccccc54)cc3)n2)cc1. The van der Waals surface area contributed by atoms with Crippen molar-refractivity contribution in [1.29, 1.82) is 0 Å². The van der Waals surface area contributed by atoms with Crippen LogP contribution in [-0.4, -0.2) is 64.1 Å². The van der Waals surface area contributed by atoms with Crippen LogP contribution in [0.15, 0.2) is 534 Å². The number of hydrogen-bond donors (Lipinski definition) is 0. The van der Waals surface area contributed by atoms with Gasteiger partial charge in [-0.25, -0.2) is 49.6 Å². The number of para-hydroxylation sites is 6. The van der Waals surface area contributed by atoms with Gasteiger partial charge in [-0.3, -0.25) is 0 Å². The summed E-state index contributed by atoms with van der Waals surface area (Å²) < 4.78 is 20.4. The fourth-order valence-electron chi connectivity index (χ4n) is 21.1. The summed E-state index contributed by atoms with van der Waals surface area (Å²) in [6.45, 7) is 16.3. The monoisotopic (exact) mass is 1940 g/mol. The summed E-state index contributed by atoms with van der Waals surface area (Å²) in [5, 5.41) is 15.0. The molecule has 26 rings (SSSR count). The second-order valence-electron chi connectivity index (χ2n) is 36.3. The molecule has 0 spiro atoms. The Labute approximate surface area is 861 Å². The summed E-state index contributed by atoms with van der Waals surface area (Å²) in [4.78, 5) is 47.7. The lowest BCUT2D eigenvalue weighted by Crippen LogP contribution is -2.76. The van der Waals surface area contributed by atoms with Gasteiger partial charge < -0.3 is 14.2 Å². The van der Waals surface area contributed by atoms with E-state index in [4.69, 9.17) is 67.2 Å². The summed E-state index contributed by atoms with van der Waals surface area (Å²) >= 11 is 0. The van der Waals surface area contributed by atoms with E-state index in [-0.39, 0.29) is 0 Å². The zero-order chi connectivity index (χ0) is 99.2. The molecule has 16 heteroatoms. The molecule has 13 nitrogen and oxygen atoms in total. The third-order valence-corrected chi connectivity index (χ3v) is 42.2. The van der Waals surface area contributed by atoms with Crippen LogP contribution in [0.3, 0.4) is 0 Å². The Morgan fingerprint density at radius 2 is 0.378 bits per heavy atom. The van der Waals surface area contributed by atoms with E-state index in [1.54, 1.807) is 0 Å². The number of ether oxygens (including phenoxy) is 3. The molecule has 23 aromatic rings. The van der Waals surface area contributed by atoms with Crippen LogP contribution in [0.5, 0.6) is 34.5 Å². The molecule has 148 heavy (non-hydrogen) atoms. The van der Waals surface area contributed by atoms with E-state index in [0.717, 1.165) is 123 Å². The zero-order valence-corrected chi connectivity index (χ0v) is 83.0. The number of nitrogens with zero attached hydrogens (tertiary/aromatic N) is 10. The predicted octanol–water partition coefficient (Wildman–Crippen LogP) is 24.1. The molecule has 0 radical (unpaired) electrons. The molecule has 3 aromatic heterocycles. The average Bonchev–Trinajstić information content (AvgIpc) is 0.703. The average molecular weight is 1950 g/mol. The molecule has 0 bridgehead atoms. The molecule has 696 valence electrons. The molecule has 0 amide bonds. The highest BCUT2D eigenvalue weighted by Gasteiger charge is 2.52. The molecule has 6 heterocycles. The number of benzene rings is 20. The van der Waals surface area contributed by atoms with E-state index in [1.165, 1.54) is 57.1 Å². The summed E-state index contributed by atoms with van der Waals surface area (Å²) in [6.07, 6.45) is 0. The normalized spacial score (nSPS) is 12.6. The van der Waals surface area contributed by atoms with Gasteiger partial charge in [0.05, 0.1) is 24.5 Å². The second kappa shape index (κ2) is 40.1. The molecule has 0 aliphatic carbocycles. The molecule has 0 saturated heterocycles. The van der Waals surface area contributed by atoms with Crippen LogP contribution in [0.4, 0.5) is 11.4 Å². The predicted molar refractivity (Wildman–Crippen MR) is 605 cm³/mol. The van der Waals surface area contributed by atoms with Crippen molar-refractivity contribution in [2.24, 2.45) is 0 Å². The van der Waals surface area contributed by atoms with Crippen LogP contribution in [0.1, 0.15) is 0 Å². The molecule has 0 saturated carbocycles. The van der Waals surface area contributed by atoms with Gasteiger partial charge in [0, 0.05) is 61.2 Å². The lowest BCUT2D eigenvalue weighted by Gasteiger charge is -2.40. The van der Waals surface area contributed by atoms with Gasteiger partial charge >= 0.3 is 0 Å². The van der Waals surface area contributed by atoms with Crippen LogP contribution < -0.4 is 76.5 Å². The Kier molecular flexibility index (Phi) is 24.7. The van der Waals surface area contributed by atoms with Gasteiger partial charge in [-0.05, 0) is 140 Å². The van der Waals surface area contributed by atoms with E-state index < -0.39 is 24.2 Å². The highest BCUT2D eigenvalue weighted by Crippen LogP contribution is 2.45. The van der Waals surface area contributed by atoms with Crippen LogP contribution >= 0.6 is 0 Å². The summed E-state index contributed by atoms with van der Waals surface area (Å²) in [5.74, 6) is 9.30. The molecule has 20 aromatic carbocycles. The van der Waals surface area contributed by atoms with E-state index in [2.05, 4.69) is 343 Å². The zero-order valence-electron chi connectivity index (χ0n) is 80.0. The number of rotatable bonds is 17. The summed E-state index contributed by atoms with van der Waals surface area (Å²) in [6, 6.07) is 184. The minimum absolute atomic E-state index is 0.485. The van der Waals surface area contributed by atoms with Crippen LogP contribution in [0.2, 0.25) is 0 Å². The van der Waals surface area contributed by atoms with E-state index in [9.17, 15) is 0 Å². The van der Waals surface area contributed by atoms with E-state index >= 15 is 0 Å². The largest absolute Gasteiger partial charge is 0.458 e. The minimum atomic E-state index is -2.85. The van der Waals surface area contributed by atoms with Crippen molar-refractivity contribution >= 4 is 97.8 Å². The Hall–Kier alpha value is -19.5. The van der Waals surface area contributed by atoms with Gasteiger partial charge in [-0.1, -0.05) is 467 Å². The van der Waals surface area contributed by atoms with Crippen molar-refractivity contribution < 1.29 is 14.2 Å². The number of hydrogen-bond acceptors (Lipinski definition) is 11. The maximum absolute atomic E-state index is 8.15. The van der Waals surface area contributed by atoms with Crippen molar-refractivity contribution in [3.63, 3.8) is 0 Å². The first kappa shape index (κ1) is 91.0. The van der Waals surface area contributed by atoms with Crippen LogP contribution in [-0.2, 0) is 0 Å². The Morgan fingerprint density at radius 3 is 0.669 bits per heavy atom. The van der Waals surface area contributed by atoms with Gasteiger partial charge in [0.2, 0.25) is 0 Å². The number of fused-ring (bicyclic) bond motifs is 6. The Bertz CT molecular complexity index is 8280. The third-order valence-electron chi connectivity index (χ3n) is 27.8. The molecule has 0 fully saturated rings. The standard InChI is InChI=1S/C47H31N3OSi.C46H30N4OSi.C39H27N3OSi/c1-48-37-30-35(29-36(31-37)47-49-41(33-17-6-2-7-18-33)32-42(50-47)34-19-8-3-9-20-34)40-25-16-28-45-46(40)51-43-26-14-15-27-44(43)52(45,38-21-10-4-11-22-38)39-23-12-5-13-24-39;1-47-36-30-34(29-35(31-36)46-49-44(32-17-6-2-7-18-32)48-45(50-46)33-19-8-3-9-20-33)39-25-16-28-42-43(39)51-40-26-14-15-27-41(40)52(42,37-21-10-4-11-22-37)38-23-12-5-13-24-38;1-4-14-28(15-5-1)37-40-38(29-16-6-2-7-17-29)42-39(41-37)30-24-26-32(27-25-30)44(31-18-8-3-9-19-31)35-22-12-10-20-33(35)43-34-21-11-13-23-36(34)44/h2-32H;2-31H;1-27H. The highest BCUT2D eigenvalue weighted by molar-refractivity contribution is 7.22. The first-order chi connectivity index (χ1) is 73.2. The number of aromatic nitrogens is 8. The van der Waals surface area contributed by atoms with Gasteiger partial charge in [0.1, 0.15) is 34.5 Å². The molecule has 3 aliphatic rings. The maximum atomic E-state index is 8.15. The Morgan fingerprint density at radius 1 is 0.162 bits per heavy atom. The smallest absolute Gasteiger partial charge is 0.188 e.